The van der Waals surface area contributed by atoms with Gasteiger partial charge in [0.2, 0.25) is 0 Å². The molecule has 1 N–H and O–H groups in total. The molecule has 6 nitrogen and oxygen atoms in total. The Morgan fingerprint density at radius 2 is 1.52 bits per heavy atom. The van der Waals surface area contributed by atoms with E-state index in [1.54, 1.807) is 11.0 Å². The Labute approximate surface area is 171 Å². The standard InChI is InChI=1S/C23H27N5O/c29-23(22-10-8-20(9-11-22)15-27-12-2-1-3-13-27)25-14-19-4-6-21(7-5-19)16-28-18-24-17-26-28/h4-11,17-18H,1-3,12-16H2,(H,25,29). The zero-order valence-corrected chi connectivity index (χ0v) is 16.6. The second kappa shape index (κ2) is 9.47. The lowest BCUT2D eigenvalue weighted by Gasteiger charge is -2.26. The predicted octanol–water partition coefficient (Wildman–Crippen LogP) is 3.24. The van der Waals surface area contributed by atoms with Crippen molar-refractivity contribution in [2.45, 2.75) is 38.9 Å². The van der Waals surface area contributed by atoms with Gasteiger partial charge in [-0.25, -0.2) is 9.67 Å². The molecule has 2 aromatic carbocycles. The summed E-state index contributed by atoms with van der Waals surface area (Å²) in [7, 11) is 0. The van der Waals surface area contributed by atoms with Crippen LogP contribution >= 0.6 is 0 Å². The van der Waals surface area contributed by atoms with Crippen LogP contribution in [0, 0.1) is 0 Å². The number of benzene rings is 2. The summed E-state index contributed by atoms with van der Waals surface area (Å²) >= 11 is 0. The number of aromatic nitrogens is 3. The Balaban J connectivity index is 1.26. The topological polar surface area (TPSA) is 63.1 Å². The van der Waals surface area contributed by atoms with Gasteiger partial charge in [0.1, 0.15) is 12.7 Å². The van der Waals surface area contributed by atoms with Gasteiger partial charge in [-0.15, -0.1) is 0 Å². The fourth-order valence-electron chi connectivity index (χ4n) is 3.69. The predicted molar refractivity (Wildman–Crippen MR) is 112 cm³/mol. The molecule has 6 heteroatoms. The third-order valence-electron chi connectivity index (χ3n) is 5.36. The molecule has 0 spiro atoms. The van der Waals surface area contributed by atoms with Crippen molar-refractivity contribution in [3.63, 3.8) is 0 Å². The van der Waals surface area contributed by atoms with Gasteiger partial charge in [0, 0.05) is 18.7 Å². The summed E-state index contributed by atoms with van der Waals surface area (Å²) in [6, 6.07) is 16.2. The van der Waals surface area contributed by atoms with E-state index >= 15 is 0 Å². The first-order valence-electron chi connectivity index (χ1n) is 10.3. The third-order valence-corrected chi connectivity index (χ3v) is 5.36. The highest BCUT2D eigenvalue weighted by Gasteiger charge is 2.11. The molecule has 1 aromatic heterocycles. The van der Waals surface area contributed by atoms with E-state index < -0.39 is 0 Å². The fourth-order valence-corrected chi connectivity index (χ4v) is 3.69. The molecule has 1 saturated heterocycles. The summed E-state index contributed by atoms with van der Waals surface area (Å²) in [5, 5.41) is 7.12. The molecule has 29 heavy (non-hydrogen) atoms. The van der Waals surface area contributed by atoms with Crippen molar-refractivity contribution < 1.29 is 4.79 Å². The van der Waals surface area contributed by atoms with Crippen molar-refractivity contribution in [2.24, 2.45) is 0 Å². The van der Waals surface area contributed by atoms with Crippen molar-refractivity contribution in [3.8, 4) is 0 Å². The van der Waals surface area contributed by atoms with Gasteiger partial charge in [0.05, 0.1) is 6.54 Å². The van der Waals surface area contributed by atoms with Gasteiger partial charge >= 0.3 is 0 Å². The number of carbonyl (C=O) groups is 1. The lowest BCUT2D eigenvalue weighted by molar-refractivity contribution is 0.0951. The van der Waals surface area contributed by atoms with Crippen LogP contribution in [0.15, 0.2) is 61.2 Å². The van der Waals surface area contributed by atoms with Gasteiger partial charge in [-0.1, -0.05) is 42.8 Å². The second-order valence-electron chi connectivity index (χ2n) is 7.63. The summed E-state index contributed by atoms with van der Waals surface area (Å²) in [6.45, 7) is 4.54. The smallest absolute Gasteiger partial charge is 0.251 e. The highest BCUT2D eigenvalue weighted by Crippen LogP contribution is 2.14. The average molecular weight is 390 g/mol. The van der Waals surface area contributed by atoms with Crippen LogP contribution < -0.4 is 5.32 Å². The van der Waals surface area contributed by atoms with E-state index in [-0.39, 0.29) is 5.91 Å². The lowest BCUT2D eigenvalue weighted by atomic mass is 10.1. The molecule has 0 radical (unpaired) electrons. The van der Waals surface area contributed by atoms with Crippen LogP contribution in [0.2, 0.25) is 0 Å². The Kier molecular flexibility index (Phi) is 6.32. The number of piperidine rings is 1. The fraction of sp³-hybridized carbons (Fsp3) is 0.348. The van der Waals surface area contributed by atoms with Crippen LogP contribution in [-0.4, -0.2) is 38.7 Å². The first-order chi connectivity index (χ1) is 14.3. The minimum atomic E-state index is -0.0405. The first-order valence-corrected chi connectivity index (χ1v) is 10.3. The second-order valence-corrected chi connectivity index (χ2v) is 7.63. The van der Waals surface area contributed by atoms with Crippen LogP contribution in [0.25, 0.3) is 0 Å². The van der Waals surface area contributed by atoms with E-state index in [1.807, 2.05) is 24.3 Å². The quantitative estimate of drug-likeness (QED) is 0.674. The zero-order valence-electron chi connectivity index (χ0n) is 16.6. The first kappa shape index (κ1) is 19.3. The van der Waals surface area contributed by atoms with Gasteiger partial charge in [-0.05, 0) is 54.8 Å². The van der Waals surface area contributed by atoms with E-state index in [9.17, 15) is 4.79 Å². The van der Waals surface area contributed by atoms with Crippen LogP contribution in [0.1, 0.15) is 46.3 Å². The molecule has 2 heterocycles. The summed E-state index contributed by atoms with van der Waals surface area (Å²) in [5.74, 6) is -0.0405. The van der Waals surface area contributed by atoms with E-state index in [4.69, 9.17) is 0 Å². The molecule has 0 saturated carbocycles. The van der Waals surface area contributed by atoms with E-state index in [2.05, 4.69) is 44.6 Å². The maximum atomic E-state index is 12.5. The normalized spacial score (nSPS) is 14.6. The maximum absolute atomic E-state index is 12.5. The van der Waals surface area contributed by atoms with Crippen LogP contribution in [0.4, 0.5) is 0 Å². The zero-order chi connectivity index (χ0) is 19.9. The van der Waals surface area contributed by atoms with Crippen molar-refractivity contribution in [2.75, 3.05) is 13.1 Å². The SMILES string of the molecule is O=C(NCc1ccc(Cn2cncn2)cc1)c1ccc(CN2CCCCC2)cc1. The van der Waals surface area contributed by atoms with Crippen LogP contribution in [-0.2, 0) is 19.6 Å². The monoisotopic (exact) mass is 389 g/mol. The van der Waals surface area contributed by atoms with Crippen molar-refractivity contribution >= 4 is 5.91 Å². The van der Waals surface area contributed by atoms with Gasteiger partial charge in [-0.2, -0.15) is 5.10 Å². The maximum Gasteiger partial charge on any atom is 0.251 e. The highest BCUT2D eigenvalue weighted by atomic mass is 16.1. The Morgan fingerprint density at radius 3 is 2.21 bits per heavy atom. The Morgan fingerprint density at radius 1 is 0.862 bits per heavy atom. The van der Waals surface area contributed by atoms with Gasteiger partial charge in [-0.3, -0.25) is 9.69 Å². The molecule has 4 rings (SSSR count). The summed E-state index contributed by atoms with van der Waals surface area (Å²) < 4.78 is 1.78. The van der Waals surface area contributed by atoms with E-state index in [0.717, 1.165) is 17.7 Å². The molecule has 0 unspecified atom stereocenters. The molecule has 1 amide bonds. The van der Waals surface area contributed by atoms with Gasteiger partial charge in [0.15, 0.2) is 0 Å². The number of rotatable bonds is 7. The molecular formula is C23H27N5O. The van der Waals surface area contributed by atoms with Crippen molar-refractivity contribution in [3.05, 3.63) is 83.4 Å². The molecular weight excluding hydrogens is 362 g/mol. The number of likely N-dealkylation sites (tertiary alicyclic amines) is 1. The van der Waals surface area contributed by atoms with E-state index in [1.165, 1.54) is 44.2 Å². The minimum Gasteiger partial charge on any atom is -0.348 e. The largest absolute Gasteiger partial charge is 0.348 e. The summed E-state index contributed by atoms with van der Waals surface area (Å²) in [4.78, 5) is 18.9. The number of amides is 1. The number of nitrogens with zero attached hydrogens (tertiary/aromatic N) is 4. The average Bonchev–Trinajstić information content (AvgIpc) is 3.27. The lowest BCUT2D eigenvalue weighted by Crippen LogP contribution is -2.29. The van der Waals surface area contributed by atoms with Gasteiger partial charge in [0.25, 0.3) is 5.91 Å². The molecule has 150 valence electrons. The number of hydrogen-bond acceptors (Lipinski definition) is 4. The number of carbonyl (C=O) groups excluding carboxylic acids is 1. The Hall–Kier alpha value is -2.99. The molecule has 0 atom stereocenters. The highest BCUT2D eigenvalue weighted by molar-refractivity contribution is 5.94. The van der Waals surface area contributed by atoms with Crippen molar-refractivity contribution in [1.82, 2.24) is 25.0 Å². The van der Waals surface area contributed by atoms with Gasteiger partial charge < -0.3 is 5.32 Å². The van der Waals surface area contributed by atoms with Crippen molar-refractivity contribution in [1.29, 1.82) is 0 Å². The molecule has 1 aliphatic heterocycles. The molecule has 0 aliphatic carbocycles. The van der Waals surface area contributed by atoms with E-state index in [0.29, 0.717) is 18.7 Å². The van der Waals surface area contributed by atoms with Crippen LogP contribution in [0.3, 0.4) is 0 Å². The Bertz CT molecular complexity index is 897. The number of nitrogens with one attached hydrogen (secondary N) is 1. The minimum absolute atomic E-state index is 0.0405. The summed E-state index contributed by atoms with van der Waals surface area (Å²) in [6.07, 6.45) is 7.17. The van der Waals surface area contributed by atoms with Crippen LogP contribution in [0.5, 0.6) is 0 Å². The molecule has 0 bridgehead atoms. The molecule has 3 aromatic rings. The molecule has 1 fully saturated rings. The third kappa shape index (κ3) is 5.51. The summed E-state index contributed by atoms with van der Waals surface area (Å²) in [5.41, 5.74) is 4.19. The number of hydrogen-bond donors (Lipinski definition) is 1. The molecule has 1 aliphatic rings.